The van der Waals surface area contributed by atoms with Gasteiger partial charge in [0.2, 0.25) is 11.8 Å². The zero-order chi connectivity index (χ0) is 25.7. The molecular formula is C29H38N4O3. The Kier molecular flexibility index (Phi) is 7.99. The number of benzene rings is 2. The van der Waals surface area contributed by atoms with E-state index >= 15 is 0 Å². The highest BCUT2D eigenvalue weighted by Gasteiger charge is 2.23. The first-order chi connectivity index (χ1) is 17.2. The van der Waals surface area contributed by atoms with Gasteiger partial charge in [0.05, 0.1) is 13.7 Å². The maximum atomic E-state index is 13.2. The first-order valence-corrected chi connectivity index (χ1v) is 12.8. The van der Waals surface area contributed by atoms with E-state index in [9.17, 15) is 9.59 Å². The number of para-hydroxylation sites is 1. The number of fused-ring (bicyclic) bond motifs is 1. The standard InChI is InChI=1S/C29H38N4O3/c1-29(2,3)31-26(34)20-32-16-7-17-33(19-18-32)27(35)15-14-24-23-8-5-6-9-25(23)30-28(24)21-10-12-22(36-4)13-11-21/h5-6,8-13,30H,7,14-20H2,1-4H3,(H,31,34). The third-order valence-electron chi connectivity index (χ3n) is 6.60. The number of methoxy groups -OCH3 is 1. The summed E-state index contributed by atoms with van der Waals surface area (Å²) in [6.07, 6.45) is 1.99. The van der Waals surface area contributed by atoms with Crippen molar-refractivity contribution in [1.29, 1.82) is 0 Å². The van der Waals surface area contributed by atoms with Gasteiger partial charge >= 0.3 is 0 Å². The number of hydrogen-bond donors (Lipinski definition) is 2. The number of aromatic nitrogens is 1. The normalized spacial score (nSPS) is 15.1. The highest BCUT2D eigenvalue weighted by molar-refractivity contribution is 5.91. The van der Waals surface area contributed by atoms with Gasteiger partial charge in [0.1, 0.15) is 5.75 Å². The van der Waals surface area contributed by atoms with Crippen molar-refractivity contribution >= 4 is 22.7 Å². The molecule has 7 nitrogen and oxygen atoms in total. The lowest BCUT2D eigenvalue weighted by Gasteiger charge is -2.25. The number of aryl methyl sites for hydroxylation is 1. The molecule has 0 aliphatic carbocycles. The number of carbonyl (C=O) groups excluding carboxylic acids is 2. The zero-order valence-electron chi connectivity index (χ0n) is 21.9. The van der Waals surface area contributed by atoms with Crippen LogP contribution in [0.5, 0.6) is 5.75 Å². The second kappa shape index (κ2) is 11.2. The van der Waals surface area contributed by atoms with Gasteiger partial charge in [-0.15, -0.1) is 0 Å². The molecule has 192 valence electrons. The number of nitrogens with one attached hydrogen (secondary N) is 2. The lowest BCUT2D eigenvalue weighted by molar-refractivity contribution is -0.131. The topological polar surface area (TPSA) is 77.7 Å². The molecule has 0 radical (unpaired) electrons. The van der Waals surface area contributed by atoms with Crippen molar-refractivity contribution < 1.29 is 14.3 Å². The monoisotopic (exact) mass is 490 g/mol. The third-order valence-corrected chi connectivity index (χ3v) is 6.60. The van der Waals surface area contributed by atoms with Crippen LogP contribution in [0.1, 0.15) is 39.2 Å². The SMILES string of the molecule is COc1ccc(-c2[nH]c3ccccc3c2CCC(=O)N2CCCN(CC(=O)NC(C)(C)C)CC2)cc1. The van der Waals surface area contributed by atoms with E-state index < -0.39 is 0 Å². The highest BCUT2D eigenvalue weighted by atomic mass is 16.5. The fourth-order valence-electron chi connectivity index (χ4n) is 4.89. The van der Waals surface area contributed by atoms with Crippen LogP contribution in [0, 0.1) is 0 Å². The maximum Gasteiger partial charge on any atom is 0.234 e. The van der Waals surface area contributed by atoms with E-state index in [0.29, 0.717) is 32.5 Å². The number of hydrogen-bond acceptors (Lipinski definition) is 4. The van der Waals surface area contributed by atoms with Gasteiger partial charge in [-0.25, -0.2) is 0 Å². The Bertz CT molecular complexity index is 1190. The van der Waals surface area contributed by atoms with Gasteiger partial charge in [-0.2, -0.15) is 0 Å². The van der Waals surface area contributed by atoms with Crippen molar-refractivity contribution in [2.75, 3.05) is 39.8 Å². The van der Waals surface area contributed by atoms with Crippen LogP contribution in [0.15, 0.2) is 48.5 Å². The van der Waals surface area contributed by atoms with Crippen molar-refractivity contribution in [3.63, 3.8) is 0 Å². The number of nitrogens with zero attached hydrogens (tertiary/aromatic N) is 2. The Morgan fingerprint density at radius 3 is 2.47 bits per heavy atom. The minimum Gasteiger partial charge on any atom is -0.497 e. The molecule has 1 fully saturated rings. The van der Waals surface area contributed by atoms with E-state index in [1.54, 1.807) is 7.11 Å². The van der Waals surface area contributed by atoms with E-state index in [0.717, 1.165) is 47.4 Å². The molecule has 1 aromatic heterocycles. The average molecular weight is 491 g/mol. The van der Waals surface area contributed by atoms with Crippen LogP contribution in [0.25, 0.3) is 22.2 Å². The van der Waals surface area contributed by atoms with E-state index in [4.69, 9.17) is 4.74 Å². The smallest absolute Gasteiger partial charge is 0.234 e. The van der Waals surface area contributed by atoms with E-state index in [2.05, 4.69) is 27.3 Å². The fraction of sp³-hybridized carbons (Fsp3) is 0.448. The molecule has 1 saturated heterocycles. The summed E-state index contributed by atoms with van der Waals surface area (Å²) in [4.78, 5) is 33.2. The molecule has 0 unspecified atom stereocenters. The summed E-state index contributed by atoms with van der Waals surface area (Å²) < 4.78 is 5.31. The van der Waals surface area contributed by atoms with Crippen LogP contribution >= 0.6 is 0 Å². The summed E-state index contributed by atoms with van der Waals surface area (Å²) in [6.45, 7) is 9.26. The van der Waals surface area contributed by atoms with Gasteiger partial charge in [0.25, 0.3) is 0 Å². The molecular weight excluding hydrogens is 452 g/mol. The van der Waals surface area contributed by atoms with Gasteiger partial charge < -0.3 is 19.9 Å². The lowest BCUT2D eigenvalue weighted by Crippen LogP contribution is -2.46. The van der Waals surface area contributed by atoms with E-state index in [1.165, 1.54) is 5.56 Å². The summed E-state index contributed by atoms with van der Waals surface area (Å²) in [5.74, 6) is 1.02. The van der Waals surface area contributed by atoms with Gasteiger partial charge in [0.15, 0.2) is 0 Å². The van der Waals surface area contributed by atoms with Crippen LogP contribution in [-0.2, 0) is 16.0 Å². The summed E-state index contributed by atoms with van der Waals surface area (Å²) >= 11 is 0. The summed E-state index contributed by atoms with van der Waals surface area (Å²) in [5.41, 5.74) is 4.13. The Hall–Kier alpha value is -3.32. The summed E-state index contributed by atoms with van der Waals surface area (Å²) in [5, 5.41) is 4.18. The third kappa shape index (κ3) is 6.46. The van der Waals surface area contributed by atoms with Gasteiger partial charge in [-0.05, 0) is 75.1 Å². The number of aromatic amines is 1. The van der Waals surface area contributed by atoms with Crippen LogP contribution in [0.4, 0.5) is 0 Å². The van der Waals surface area contributed by atoms with Crippen molar-refractivity contribution in [1.82, 2.24) is 20.1 Å². The second-order valence-electron chi connectivity index (χ2n) is 10.6. The van der Waals surface area contributed by atoms with Crippen LogP contribution in [-0.4, -0.2) is 72.0 Å². The predicted molar refractivity (Wildman–Crippen MR) is 144 cm³/mol. The van der Waals surface area contributed by atoms with Crippen molar-refractivity contribution in [2.45, 2.75) is 45.6 Å². The highest BCUT2D eigenvalue weighted by Crippen LogP contribution is 2.32. The van der Waals surface area contributed by atoms with E-state index in [-0.39, 0.29) is 17.4 Å². The molecule has 2 heterocycles. The van der Waals surface area contributed by atoms with Crippen LogP contribution in [0.2, 0.25) is 0 Å². The summed E-state index contributed by atoms with van der Waals surface area (Å²) in [6, 6.07) is 16.3. The molecule has 1 aliphatic heterocycles. The molecule has 0 atom stereocenters. The van der Waals surface area contributed by atoms with Crippen LogP contribution < -0.4 is 10.1 Å². The predicted octanol–water partition coefficient (Wildman–Crippen LogP) is 4.23. The van der Waals surface area contributed by atoms with Crippen molar-refractivity contribution in [3.8, 4) is 17.0 Å². The van der Waals surface area contributed by atoms with Gasteiger partial charge in [-0.3, -0.25) is 14.5 Å². The molecule has 1 aliphatic rings. The maximum absolute atomic E-state index is 13.2. The van der Waals surface area contributed by atoms with Crippen molar-refractivity contribution in [3.05, 3.63) is 54.1 Å². The number of H-pyrrole nitrogens is 1. The molecule has 2 aromatic carbocycles. The molecule has 2 amide bonds. The number of rotatable bonds is 7. The Morgan fingerprint density at radius 2 is 1.75 bits per heavy atom. The fourth-order valence-corrected chi connectivity index (χ4v) is 4.89. The number of ether oxygens (including phenoxy) is 1. The molecule has 36 heavy (non-hydrogen) atoms. The number of carbonyl (C=O) groups is 2. The van der Waals surface area contributed by atoms with E-state index in [1.807, 2.05) is 62.1 Å². The molecule has 0 saturated carbocycles. The molecule has 4 rings (SSSR count). The Morgan fingerprint density at radius 1 is 1.00 bits per heavy atom. The first-order valence-electron chi connectivity index (χ1n) is 12.8. The molecule has 0 bridgehead atoms. The molecule has 0 spiro atoms. The second-order valence-corrected chi connectivity index (χ2v) is 10.6. The quantitative estimate of drug-likeness (QED) is 0.520. The van der Waals surface area contributed by atoms with Crippen LogP contribution in [0.3, 0.4) is 0 Å². The Balaban J connectivity index is 1.41. The van der Waals surface area contributed by atoms with Gasteiger partial charge in [-0.1, -0.05) is 18.2 Å². The first kappa shape index (κ1) is 25.8. The Labute approximate surface area is 213 Å². The largest absolute Gasteiger partial charge is 0.497 e. The zero-order valence-corrected chi connectivity index (χ0v) is 21.9. The molecule has 7 heteroatoms. The van der Waals surface area contributed by atoms with Crippen molar-refractivity contribution in [2.24, 2.45) is 0 Å². The molecule has 3 aromatic rings. The number of amides is 2. The summed E-state index contributed by atoms with van der Waals surface area (Å²) in [7, 11) is 1.66. The molecule has 2 N–H and O–H groups in total. The average Bonchev–Trinajstić information content (AvgIpc) is 3.05. The minimum absolute atomic E-state index is 0.0349. The lowest BCUT2D eigenvalue weighted by atomic mass is 10.0. The minimum atomic E-state index is -0.238. The van der Waals surface area contributed by atoms with Gasteiger partial charge in [0, 0.05) is 54.7 Å².